The summed E-state index contributed by atoms with van der Waals surface area (Å²) in [7, 11) is 0. The van der Waals surface area contributed by atoms with Crippen LogP contribution in [0.25, 0.3) is 0 Å². The van der Waals surface area contributed by atoms with E-state index < -0.39 is 12.1 Å². The van der Waals surface area contributed by atoms with E-state index in [2.05, 4.69) is 6.58 Å². The molecule has 4 N–H and O–H groups in total. The summed E-state index contributed by atoms with van der Waals surface area (Å²) in [6.45, 7) is 4.64. The topological polar surface area (TPSA) is 66.5 Å². The molecule has 0 aromatic rings. The van der Waals surface area contributed by atoms with Crippen LogP contribution in [-0.4, -0.2) is 22.4 Å². The van der Waals surface area contributed by atoms with E-state index in [-0.39, 0.29) is 5.76 Å². The summed E-state index contributed by atoms with van der Waals surface area (Å²) in [5.74, 6) is -0.181. The van der Waals surface area contributed by atoms with Gasteiger partial charge in [0, 0.05) is 0 Å². The molecule has 0 bridgehead atoms. The number of rotatable bonds is 2. The zero-order valence-corrected chi connectivity index (χ0v) is 4.83. The quantitative estimate of drug-likeness (QED) is 0.437. The fraction of sp³-hybridized carbons (Fsp3) is 0.600. The highest BCUT2D eigenvalue weighted by Crippen LogP contribution is 1.95. The van der Waals surface area contributed by atoms with Gasteiger partial charge < -0.3 is 15.9 Å². The van der Waals surface area contributed by atoms with Gasteiger partial charge in [-0.15, -0.1) is 0 Å². The second kappa shape index (κ2) is 2.69. The van der Waals surface area contributed by atoms with Crippen LogP contribution in [0.1, 0.15) is 6.92 Å². The fourth-order valence-electron chi connectivity index (χ4n) is 0.278. The molecule has 0 aliphatic heterocycles. The Hall–Kier alpha value is -0.540. The van der Waals surface area contributed by atoms with Crippen LogP contribution in [0.5, 0.6) is 0 Å². The summed E-state index contributed by atoms with van der Waals surface area (Å²) < 4.78 is 0. The van der Waals surface area contributed by atoms with Gasteiger partial charge in [-0.2, -0.15) is 0 Å². The van der Waals surface area contributed by atoms with Crippen molar-refractivity contribution >= 4 is 0 Å². The van der Waals surface area contributed by atoms with Crippen molar-refractivity contribution in [1.82, 2.24) is 0 Å². The summed E-state index contributed by atoms with van der Waals surface area (Å²) in [5.41, 5.74) is 5.16. The minimum atomic E-state index is -0.729. The summed E-state index contributed by atoms with van der Waals surface area (Å²) in [6.07, 6.45) is -0.729. The lowest BCUT2D eigenvalue weighted by molar-refractivity contribution is 0.155. The molecule has 0 spiro atoms. The molecule has 0 aliphatic carbocycles. The van der Waals surface area contributed by atoms with Gasteiger partial charge in [-0.05, 0) is 6.92 Å². The predicted molar refractivity (Wildman–Crippen MR) is 31.4 cm³/mol. The van der Waals surface area contributed by atoms with E-state index in [9.17, 15) is 0 Å². The Balaban J connectivity index is 3.64. The summed E-state index contributed by atoms with van der Waals surface area (Å²) >= 11 is 0. The highest BCUT2D eigenvalue weighted by molar-refractivity contribution is 4.94. The van der Waals surface area contributed by atoms with Crippen molar-refractivity contribution in [3.8, 4) is 0 Å². The normalized spacial score (nSPS) is 17.4. The highest BCUT2D eigenvalue weighted by Gasteiger charge is 2.10. The van der Waals surface area contributed by atoms with Crippen LogP contribution in [0.15, 0.2) is 12.3 Å². The van der Waals surface area contributed by atoms with Gasteiger partial charge in [0.25, 0.3) is 0 Å². The minimum Gasteiger partial charge on any atom is -0.511 e. The van der Waals surface area contributed by atoms with Crippen molar-refractivity contribution in [2.24, 2.45) is 5.73 Å². The van der Waals surface area contributed by atoms with E-state index in [4.69, 9.17) is 15.9 Å². The zero-order valence-electron chi connectivity index (χ0n) is 4.83. The van der Waals surface area contributed by atoms with Crippen molar-refractivity contribution in [2.75, 3.05) is 0 Å². The number of hydrogen-bond acceptors (Lipinski definition) is 3. The van der Waals surface area contributed by atoms with Crippen molar-refractivity contribution in [3.05, 3.63) is 12.3 Å². The lowest BCUT2D eigenvalue weighted by Crippen LogP contribution is -2.33. The molecule has 0 aromatic heterocycles. The number of hydrogen-bond donors (Lipinski definition) is 3. The first-order chi connectivity index (χ1) is 3.55. The largest absolute Gasteiger partial charge is 0.511 e. The average molecular weight is 117 g/mol. The molecule has 0 aromatic carbocycles. The van der Waals surface area contributed by atoms with Crippen LogP contribution in [0, 0.1) is 0 Å². The maximum Gasteiger partial charge on any atom is 0.104 e. The van der Waals surface area contributed by atoms with Crippen molar-refractivity contribution in [2.45, 2.75) is 19.1 Å². The Bertz CT molecular complexity index is 90.4. The van der Waals surface area contributed by atoms with Gasteiger partial charge in [-0.3, -0.25) is 0 Å². The van der Waals surface area contributed by atoms with Gasteiger partial charge >= 0.3 is 0 Å². The van der Waals surface area contributed by atoms with Crippen molar-refractivity contribution < 1.29 is 10.2 Å². The Morgan fingerprint density at radius 3 is 2.12 bits per heavy atom. The Labute approximate surface area is 48.4 Å². The molecule has 0 heterocycles. The number of aliphatic hydroxyl groups is 2. The molecule has 48 valence electrons. The summed E-state index contributed by atoms with van der Waals surface area (Å²) in [6, 6.07) is -0.713. The molecule has 0 saturated carbocycles. The van der Waals surface area contributed by atoms with Gasteiger partial charge in [-0.1, -0.05) is 6.58 Å². The second-order valence-corrected chi connectivity index (χ2v) is 1.76. The number of aliphatic hydroxyl groups excluding tert-OH is 2. The van der Waals surface area contributed by atoms with E-state index in [0.717, 1.165) is 0 Å². The molecule has 0 amide bonds. The fourth-order valence-corrected chi connectivity index (χ4v) is 0.278. The molecule has 0 saturated heterocycles. The molecule has 3 heteroatoms. The van der Waals surface area contributed by atoms with Crippen LogP contribution in [0.3, 0.4) is 0 Å². The first-order valence-corrected chi connectivity index (χ1v) is 2.37. The van der Waals surface area contributed by atoms with E-state index >= 15 is 0 Å². The van der Waals surface area contributed by atoms with Gasteiger partial charge in [0.15, 0.2) is 0 Å². The third-order valence-electron chi connectivity index (χ3n) is 0.904. The highest BCUT2D eigenvalue weighted by atomic mass is 16.3. The van der Waals surface area contributed by atoms with E-state index in [0.29, 0.717) is 0 Å². The molecule has 0 radical (unpaired) electrons. The van der Waals surface area contributed by atoms with Gasteiger partial charge in [0.1, 0.15) is 5.76 Å². The Kier molecular flexibility index (Phi) is 2.51. The van der Waals surface area contributed by atoms with Crippen LogP contribution in [0.2, 0.25) is 0 Å². The summed E-state index contributed by atoms with van der Waals surface area (Å²) in [5, 5.41) is 17.2. The first kappa shape index (κ1) is 7.46. The van der Waals surface area contributed by atoms with Gasteiger partial charge in [-0.25, -0.2) is 0 Å². The second-order valence-electron chi connectivity index (χ2n) is 1.76. The average Bonchev–Trinajstić information content (AvgIpc) is 1.64. The third kappa shape index (κ3) is 1.95. The standard InChI is InChI=1S/C5H11NO2/c1-3(7)5(6)4(2)8/h4-5,7-8H,1,6H2,2H3/t4-,5-/m1/s1. The molecule has 3 nitrogen and oxygen atoms in total. The lowest BCUT2D eigenvalue weighted by atomic mass is 10.2. The smallest absolute Gasteiger partial charge is 0.104 e. The maximum atomic E-state index is 8.65. The van der Waals surface area contributed by atoms with Crippen molar-refractivity contribution in [3.63, 3.8) is 0 Å². The monoisotopic (exact) mass is 117 g/mol. The van der Waals surface area contributed by atoms with E-state index in [1.807, 2.05) is 0 Å². The molecule has 0 rings (SSSR count). The van der Waals surface area contributed by atoms with Crippen molar-refractivity contribution in [1.29, 1.82) is 0 Å². The lowest BCUT2D eigenvalue weighted by Gasteiger charge is -2.11. The van der Waals surface area contributed by atoms with Crippen LogP contribution >= 0.6 is 0 Å². The molecular weight excluding hydrogens is 106 g/mol. The maximum absolute atomic E-state index is 8.65. The third-order valence-corrected chi connectivity index (χ3v) is 0.904. The van der Waals surface area contributed by atoms with Gasteiger partial charge in [0.05, 0.1) is 12.1 Å². The molecular formula is C5H11NO2. The van der Waals surface area contributed by atoms with Gasteiger partial charge in [0.2, 0.25) is 0 Å². The Morgan fingerprint density at radius 1 is 1.75 bits per heavy atom. The SMILES string of the molecule is C=C(O)[C@@H](N)[C@@H](C)O. The van der Waals surface area contributed by atoms with Crippen LogP contribution in [-0.2, 0) is 0 Å². The molecule has 2 atom stereocenters. The molecule has 8 heavy (non-hydrogen) atoms. The first-order valence-electron chi connectivity index (χ1n) is 2.37. The molecule has 0 fully saturated rings. The predicted octanol–water partition coefficient (Wildman–Crippen LogP) is -0.234. The van der Waals surface area contributed by atoms with Crippen LogP contribution < -0.4 is 5.73 Å². The molecule has 0 aliphatic rings. The Morgan fingerprint density at radius 2 is 2.12 bits per heavy atom. The summed E-state index contributed by atoms with van der Waals surface area (Å²) in [4.78, 5) is 0. The van der Waals surface area contributed by atoms with E-state index in [1.54, 1.807) is 0 Å². The minimum absolute atomic E-state index is 0.181. The van der Waals surface area contributed by atoms with E-state index in [1.165, 1.54) is 6.92 Å². The number of nitrogens with two attached hydrogens (primary N) is 1. The van der Waals surface area contributed by atoms with Crippen LogP contribution in [0.4, 0.5) is 0 Å². The molecule has 0 unspecified atom stereocenters. The zero-order chi connectivity index (χ0) is 6.73.